The molecule has 0 aromatic carbocycles. The Morgan fingerprint density at radius 1 is 1.18 bits per heavy atom. The van der Waals surface area contributed by atoms with Crippen LogP contribution in [0.25, 0.3) is 0 Å². The minimum Gasteiger partial charge on any atom is -0.306 e. The number of hydrogen-bond acceptors (Lipinski definition) is 1. The lowest BCUT2D eigenvalue weighted by molar-refractivity contribution is -0.160. The minimum atomic E-state index is -4.04. The van der Waals surface area contributed by atoms with E-state index in [1.165, 1.54) is 0 Å². The standard InChI is InChI=1S/C6H10F3N.ClH/c7-6(8,9)5-3-1-2-4-10-5;/h5,10H,1-4H2;1H/t5-;/m1./s1. The molecule has 1 atom stereocenters. The lowest BCUT2D eigenvalue weighted by atomic mass is 10.1. The van der Waals surface area contributed by atoms with Crippen molar-refractivity contribution >= 4 is 12.4 Å². The second-order valence-corrected chi connectivity index (χ2v) is 2.54. The van der Waals surface area contributed by atoms with Crippen LogP contribution in [0.3, 0.4) is 0 Å². The van der Waals surface area contributed by atoms with Crippen molar-refractivity contribution < 1.29 is 13.2 Å². The van der Waals surface area contributed by atoms with Gasteiger partial charge in [0.05, 0.1) is 0 Å². The maximum Gasteiger partial charge on any atom is 0.403 e. The van der Waals surface area contributed by atoms with Crippen LogP contribution in [-0.4, -0.2) is 18.8 Å². The summed E-state index contributed by atoms with van der Waals surface area (Å²) in [7, 11) is 0. The summed E-state index contributed by atoms with van der Waals surface area (Å²) in [5.74, 6) is 0. The second-order valence-electron chi connectivity index (χ2n) is 2.54. The molecule has 1 saturated heterocycles. The molecule has 5 heteroatoms. The van der Waals surface area contributed by atoms with Crippen molar-refractivity contribution in [1.82, 2.24) is 5.32 Å². The van der Waals surface area contributed by atoms with Crippen molar-refractivity contribution in [3.05, 3.63) is 0 Å². The van der Waals surface area contributed by atoms with Crippen molar-refractivity contribution in [1.29, 1.82) is 0 Å². The van der Waals surface area contributed by atoms with Gasteiger partial charge in [0, 0.05) is 0 Å². The van der Waals surface area contributed by atoms with Crippen LogP contribution < -0.4 is 5.32 Å². The highest BCUT2D eigenvalue weighted by Gasteiger charge is 2.39. The molecule has 1 fully saturated rings. The largest absolute Gasteiger partial charge is 0.403 e. The van der Waals surface area contributed by atoms with E-state index < -0.39 is 12.2 Å². The van der Waals surface area contributed by atoms with Gasteiger partial charge in [0.1, 0.15) is 6.04 Å². The zero-order chi connectivity index (χ0) is 7.61. The van der Waals surface area contributed by atoms with Gasteiger partial charge in [-0.15, -0.1) is 12.4 Å². The highest BCUT2D eigenvalue weighted by atomic mass is 35.5. The number of hydrogen-bond donors (Lipinski definition) is 1. The first kappa shape index (κ1) is 11.0. The predicted octanol–water partition coefficient (Wildman–Crippen LogP) is 2.11. The van der Waals surface area contributed by atoms with E-state index in [0.717, 1.165) is 6.42 Å². The molecular formula is C6H11ClF3N. The Bertz CT molecular complexity index is 109. The molecule has 1 heterocycles. The summed E-state index contributed by atoms with van der Waals surface area (Å²) in [4.78, 5) is 0. The van der Waals surface area contributed by atoms with Gasteiger partial charge in [-0.25, -0.2) is 0 Å². The van der Waals surface area contributed by atoms with Gasteiger partial charge in [-0.2, -0.15) is 13.2 Å². The summed E-state index contributed by atoms with van der Waals surface area (Å²) in [6.45, 7) is 0.504. The van der Waals surface area contributed by atoms with Crippen molar-refractivity contribution in [3.8, 4) is 0 Å². The van der Waals surface area contributed by atoms with Gasteiger partial charge in [0.2, 0.25) is 0 Å². The second kappa shape index (κ2) is 4.16. The van der Waals surface area contributed by atoms with Crippen LogP contribution in [0, 0.1) is 0 Å². The number of alkyl halides is 3. The summed E-state index contributed by atoms with van der Waals surface area (Å²) < 4.78 is 35.6. The maximum absolute atomic E-state index is 11.9. The molecule has 0 radical (unpaired) electrons. The van der Waals surface area contributed by atoms with E-state index in [9.17, 15) is 13.2 Å². The molecule has 0 saturated carbocycles. The summed E-state index contributed by atoms with van der Waals surface area (Å²) in [5.41, 5.74) is 0. The van der Waals surface area contributed by atoms with Gasteiger partial charge < -0.3 is 5.32 Å². The Labute approximate surface area is 69.8 Å². The Balaban J connectivity index is 0.000001000. The molecule has 1 rings (SSSR count). The van der Waals surface area contributed by atoms with Crippen molar-refractivity contribution in [2.24, 2.45) is 0 Å². The fourth-order valence-corrected chi connectivity index (χ4v) is 1.13. The van der Waals surface area contributed by atoms with E-state index in [4.69, 9.17) is 0 Å². The zero-order valence-corrected chi connectivity index (χ0v) is 6.76. The smallest absolute Gasteiger partial charge is 0.306 e. The molecule has 0 amide bonds. The van der Waals surface area contributed by atoms with Crippen LogP contribution in [0.4, 0.5) is 13.2 Å². The van der Waals surface area contributed by atoms with Crippen molar-refractivity contribution in [3.63, 3.8) is 0 Å². The maximum atomic E-state index is 11.9. The van der Waals surface area contributed by atoms with Gasteiger partial charge in [-0.05, 0) is 19.4 Å². The lowest BCUT2D eigenvalue weighted by Gasteiger charge is -2.25. The molecule has 0 unspecified atom stereocenters. The van der Waals surface area contributed by atoms with E-state index in [0.29, 0.717) is 13.0 Å². The average molecular weight is 190 g/mol. The molecule has 0 spiro atoms. The van der Waals surface area contributed by atoms with E-state index in [1.807, 2.05) is 0 Å². The van der Waals surface area contributed by atoms with E-state index in [2.05, 4.69) is 5.32 Å². The monoisotopic (exact) mass is 189 g/mol. The van der Waals surface area contributed by atoms with E-state index in [1.54, 1.807) is 0 Å². The third kappa shape index (κ3) is 3.29. The molecule has 1 aliphatic heterocycles. The van der Waals surface area contributed by atoms with Crippen LogP contribution in [0.1, 0.15) is 19.3 Å². The molecule has 11 heavy (non-hydrogen) atoms. The summed E-state index contributed by atoms with van der Waals surface area (Å²) in [6, 6.07) is -1.25. The zero-order valence-electron chi connectivity index (χ0n) is 5.95. The van der Waals surface area contributed by atoms with Crippen molar-refractivity contribution in [2.75, 3.05) is 6.54 Å². The van der Waals surface area contributed by atoms with Crippen LogP contribution in [-0.2, 0) is 0 Å². The first-order valence-corrected chi connectivity index (χ1v) is 3.41. The normalized spacial score (nSPS) is 25.9. The fourth-order valence-electron chi connectivity index (χ4n) is 1.13. The third-order valence-electron chi connectivity index (χ3n) is 1.71. The SMILES string of the molecule is Cl.FC(F)(F)[C@H]1CCCCN1. The Kier molecular flexibility index (Phi) is 4.18. The highest BCUT2D eigenvalue weighted by molar-refractivity contribution is 5.85. The molecular weight excluding hydrogens is 179 g/mol. The van der Waals surface area contributed by atoms with Gasteiger partial charge in [-0.1, -0.05) is 6.42 Å². The van der Waals surface area contributed by atoms with Gasteiger partial charge >= 0.3 is 6.18 Å². The Hall–Kier alpha value is 0.0400. The highest BCUT2D eigenvalue weighted by Crippen LogP contribution is 2.25. The Morgan fingerprint density at radius 3 is 2.09 bits per heavy atom. The Morgan fingerprint density at radius 2 is 1.82 bits per heavy atom. The molecule has 68 valence electrons. The number of nitrogens with one attached hydrogen (secondary N) is 1. The van der Waals surface area contributed by atoms with Crippen molar-refractivity contribution in [2.45, 2.75) is 31.5 Å². The summed E-state index contributed by atoms with van der Waals surface area (Å²) in [5, 5.41) is 2.43. The molecule has 1 N–H and O–H groups in total. The topological polar surface area (TPSA) is 12.0 Å². The first-order chi connectivity index (χ1) is 4.61. The van der Waals surface area contributed by atoms with Crippen LogP contribution >= 0.6 is 12.4 Å². The summed E-state index contributed by atoms with van der Waals surface area (Å²) >= 11 is 0. The molecule has 1 nitrogen and oxygen atoms in total. The number of piperidine rings is 1. The number of halogens is 4. The molecule has 0 aliphatic carbocycles. The van der Waals surface area contributed by atoms with Crippen LogP contribution in [0.5, 0.6) is 0 Å². The number of rotatable bonds is 0. The third-order valence-corrected chi connectivity index (χ3v) is 1.71. The van der Waals surface area contributed by atoms with Gasteiger partial charge in [0.15, 0.2) is 0 Å². The van der Waals surface area contributed by atoms with E-state index >= 15 is 0 Å². The molecule has 0 aromatic heterocycles. The quantitative estimate of drug-likeness (QED) is 0.616. The fraction of sp³-hybridized carbons (Fsp3) is 1.00. The predicted molar refractivity (Wildman–Crippen MR) is 38.9 cm³/mol. The van der Waals surface area contributed by atoms with Crippen LogP contribution in [0.15, 0.2) is 0 Å². The van der Waals surface area contributed by atoms with Gasteiger partial charge in [0.25, 0.3) is 0 Å². The molecule has 0 bridgehead atoms. The van der Waals surface area contributed by atoms with Gasteiger partial charge in [-0.3, -0.25) is 0 Å². The minimum absolute atomic E-state index is 0. The molecule has 0 aromatic rings. The first-order valence-electron chi connectivity index (χ1n) is 3.41. The van der Waals surface area contributed by atoms with Crippen LogP contribution in [0.2, 0.25) is 0 Å². The summed E-state index contributed by atoms with van der Waals surface area (Å²) in [6.07, 6.45) is -2.24. The van der Waals surface area contributed by atoms with E-state index in [-0.39, 0.29) is 18.8 Å². The average Bonchev–Trinajstić information content (AvgIpc) is 1.88. The molecule has 1 aliphatic rings. The lowest BCUT2D eigenvalue weighted by Crippen LogP contribution is -2.45.